The fourth-order valence-electron chi connectivity index (χ4n) is 3.69. The summed E-state index contributed by atoms with van der Waals surface area (Å²) in [5.41, 5.74) is 10.7. The highest BCUT2D eigenvalue weighted by molar-refractivity contribution is 5.77. The van der Waals surface area contributed by atoms with E-state index in [1.165, 1.54) is 44.0 Å². The van der Waals surface area contributed by atoms with Crippen molar-refractivity contribution in [1.29, 1.82) is 0 Å². The molecule has 0 bridgehead atoms. The zero-order valence-electron chi connectivity index (χ0n) is 13.4. The molecule has 0 atom stereocenters. The molecule has 1 aromatic carbocycles. The van der Waals surface area contributed by atoms with Gasteiger partial charge in [-0.1, -0.05) is 43.5 Å². The van der Waals surface area contributed by atoms with Crippen molar-refractivity contribution in [2.75, 3.05) is 5.73 Å². The van der Waals surface area contributed by atoms with Gasteiger partial charge in [0.1, 0.15) is 12.1 Å². The van der Waals surface area contributed by atoms with E-state index >= 15 is 0 Å². The maximum atomic E-state index is 6.30. The van der Waals surface area contributed by atoms with Crippen LogP contribution in [0, 0.1) is 6.92 Å². The first kappa shape index (κ1) is 14.2. The number of hydrogen-bond donors (Lipinski definition) is 1. The summed E-state index contributed by atoms with van der Waals surface area (Å²) >= 11 is 0. The average Bonchev–Trinajstić information content (AvgIpc) is 3.05. The van der Waals surface area contributed by atoms with E-state index in [-0.39, 0.29) is 0 Å². The SMILES string of the molecule is Cc1nc2ncnn2c(N)c1-c1ccc(C2CCCCC2)cc1. The molecule has 0 unspecified atom stereocenters. The number of benzene rings is 1. The highest BCUT2D eigenvalue weighted by Crippen LogP contribution is 2.35. The minimum atomic E-state index is 0.544. The molecular formula is C18H21N5. The van der Waals surface area contributed by atoms with Gasteiger partial charge in [-0.2, -0.15) is 14.6 Å². The number of aromatic nitrogens is 4. The highest BCUT2D eigenvalue weighted by Gasteiger charge is 2.17. The predicted octanol–water partition coefficient (Wildman–Crippen LogP) is 3.73. The molecule has 1 fully saturated rings. The first-order valence-electron chi connectivity index (χ1n) is 8.30. The second-order valence-corrected chi connectivity index (χ2v) is 6.39. The molecule has 23 heavy (non-hydrogen) atoms. The monoisotopic (exact) mass is 307 g/mol. The van der Waals surface area contributed by atoms with Crippen LogP contribution in [-0.2, 0) is 0 Å². The summed E-state index contributed by atoms with van der Waals surface area (Å²) in [6.45, 7) is 1.97. The molecule has 0 aliphatic heterocycles. The minimum Gasteiger partial charge on any atom is -0.383 e. The minimum absolute atomic E-state index is 0.544. The normalized spacial score (nSPS) is 16.0. The van der Waals surface area contributed by atoms with Crippen LogP contribution in [0.1, 0.15) is 49.3 Å². The van der Waals surface area contributed by atoms with Crippen molar-refractivity contribution < 1.29 is 0 Å². The fourth-order valence-corrected chi connectivity index (χ4v) is 3.69. The summed E-state index contributed by atoms with van der Waals surface area (Å²) in [5.74, 6) is 1.85. The van der Waals surface area contributed by atoms with Crippen LogP contribution in [0.5, 0.6) is 0 Å². The molecule has 4 rings (SSSR count). The molecule has 0 saturated heterocycles. The summed E-state index contributed by atoms with van der Waals surface area (Å²) in [6.07, 6.45) is 8.19. The molecule has 0 amide bonds. The zero-order valence-corrected chi connectivity index (χ0v) is 13.4. The molecule has 0 radical (unpaired) electrons. The van der Waals surface area contributed by atoms with Crippen molar-refractivity contribution >= 4 is 11.6 Å². The number of hydrogen-bond acceptors (Lipinski definition) is 4. The summed E-state index contributed by atoms with van der Waals surface area (Å²) in [4.78, 5) is 8.61. The number of anilines is 1. The van der Waals surface area contributed by atoms with Crippen LogP contribution in [0.2, 0.25) is 0 Å². The van der Waals surface area contributed by atoms with E-state index in [4.69, 9.17) is 5.73 Å². The standard InChI is InChI=1S/C18H21N5/c1-12-16(17(19)23-18(22-12)20-11-21-23)15-9-7-14(8-10-15)13-5-3-2-4-6-13/h7-11,13H,2-6,19H2,1H3. The Bertz CT molecular complexity index is 828. The molecule has 5 heteroatoms. The second-order valence-electron chi connectivity index (χ2n) is 6.39. The van der Waals surface area contributed by atoms with E-state index in [1.807, 2.05) is 6.92 Å². The number of nitrogen functional groups attached to an aromatic ring is 1. The van der Waals surface area contributed by atoms with Crippen molar-refractivity contribution in [2.24, 2.45) is 0 Å². The maximum Gasteiger partial charge on any atom is 0.254 e. The van der Waals surface area contributed by atoms with Crippen LogP contribution in [0.3, 0.4) is 0 Å². The lowest BCUT2D eigenvalue weighted by molar-refractivity contribution is 0.443. The van der Waals surface area contributed by atoms with Gasteiger partial charge in [-0.3, -0.25) is 0 Å². The van der Waals surface area contributed by atoms with E-state index in [0.717, 1.165) is 16.8 Å². The Kier molecular flexibility index (Phi) is 3.48. The third kappa shape index (κ3) is 2.46. The summed E-state index contributed by atoms with van der Waals surface area (Å²) in [5, 5.41) is 4.15. The van der Waals surface area contributed by atoms with Gasteiger partial charge in [-0.05, 0) is 36.8 Å². The second kappa shape index (κ2) is 5.65. The van der Waals surface area contributed by atoms with E-state index in [2.05, 4.69) is 39.3 Å². The summed E-state index contributed by atoms with van der Waals surface area (Å²) in [6, 6.07) is 8.81. The van der Waals surface area contributed by atoms with Gasteiger partial charge < -0.3 is 5.73 Å². The Labute approximate surface area is 135 Å². The highest BCUT2D eigenvalue weighted by atomic mass is 15.3. The van der Waals surface area contributed by atoms with E-state index in [1.54, 1.807) is 4.52 Å². The molecule has 2 N–H and O–H groups in total. The van der Waals surface area contributed by atoms with Crippen LogP contribution in [-0.4, -0.2) is 19.6 Å². The quantitative estimate of drug-likeness (QED) is 0.783. The van der Waals surface area contributed by atoms with Gasteiger partial charge in [0.2, 0.25) is 0 Å². The van der Waals surface area contributed by atoms with E-state index < -0.39 is 0 Å². The van der Waals surface area contributed by atoms with E-state index in [0.29, 0.717) is 17.5 Å². The molecule has 0 spiro atoms. The topological polar surface area (TPSA) is 69.1 Å². The number of rotatable bonds is 2. The van der Waals surface area contributed by atoms with Crippen LogP contribution in [0.15, 0.2) is 30.6 Å². The van der Waals surface area contributed by atoms with Gasteiger partial charge in [0.05, 0.1) is 5.69 Å². The molecule has 2 heterocycles. The van der Waals surface area contributed by atoms with Crippen LogP contribution in [0.4, 0.5) is 5.82 Å². The van der Waals surface area contributed by atoms with Crippen molar-refractivity contribution in [1.82, 2.24) is 19.6 Å². The Balaban J connectivity index is 1.73. The predicted molar refractivity (Wildman–Crippen MR) is 91.2 cm³/mol. The molecular weight excluding hydrogens is 286 g/mol. The van der Waals surface area contributed by atoms with Crippen LogP contribution >= 0.6 is 0 Å². The van der Waals surface area contributed by atoms with Crippen LogP contribution in [0.25, 0.3) is 16.9 Å². The van der Waals surface area contributed by atoms with Crippen LogP contribution < -0.4 is 5.73 Å². The summed E-state index contributed by atoms with van der Waals surface area (Å²) < 4.78 is 1.59. The molecule has 5 nitrogen and oxygen atoms in total. The third-order valence-corrected chi connectivity index (χ3v) is 4.92. The Morgan fingerprint density at radius 1 is 1.09 bits per heavy atom. The number of nitrogens with zero attached hydrogens (tertiary/aromatic N) is 4. The van der Waals surface area contributed by atoms with Gasteiger partial charge in [-0.15, -0.1) is 0 Å². The van der Waals surface area contributed by atoms with Crippen molar-refractivity contribution in [3.63, 3.8) is 0 Å². The molecule has 1 aliphatic rings. The van der Waals surface area contributed by atoms with Crippen molar-refractivity contribution in [3.05, 3.63) is 41.9 Å². The largest absolute Gasteiger partial charge is 0.383 e. The first-order chi connectivity index (χ1) is 11.2. The lowest BCUT2D eigenvalue weighted by Gasteiger charge is -2.22. The molecule has 1 aliphatic carbocycles. The van der Waals surface area contributed by atoms with E-state index in [9.17, 15) is 0 Å². The third-order valence-electron chi connectivity index (χ3n) is 4.92. The average molecular weight is 307 g/mol. The Morgan fingerprint density at radius 3 is 2.57 bits per heavy atom. The first-order valence-corrected chi connectivity index (χ1v) is 8.30. The number of fused-ring (bicyclic) bond motifs is 1. The molecule has 2 aromatic heterocycles. The van der Waals surface area contributed by atoms with Gasteiger partial charge in [0, 0.05) is 5.56 Å². The lowest BCUT2D eigenvalue weighted by atomic mass is 9.83. The zero-order chi connectivity index (χ0) is 15.8. The summed E-state index contributed by atoms with van der Waals surface area (Å²) in [7, 11) is 0. The maximum absolute atomic E-state index is 6.30. The number of nitrogens with two attached hydrogens (primary N) is 1. The molecule has 118 valence electrons. The van der Waals surface area contributed by atoms with Gasteiger partial charge >= 0.3 is 0 Å². The van der Waals surface area contributed by atoms with Gasteiger partial charge in [-0.25, -0.2) is 4.98 Å². The number of aryl methyl sites for hydroxylation is 1. The molecule has 1 saturated carbocycles. The Morgan fingerprint density at radius 2 is 1.83 bits per heavy atom. The fraction of sp³-hybridized carbons (Fsp3) is 0.389. The van der Waals surface area contributed by atoms with Gasteiger partial charge in [0.15, 0.2) is 0 Å². The van der Waals surface area contributed by atoms with Gasteiger partial charge in [0.25, 0.3) is 5.78 Å². The molecule has 3 aromatic rings. The lowest BCUT2D eigenvalue weighted by Crippen LogP contribution is -2.06. The smallest absolute Gasteiger partial charge is 0.254 e. The van der Waals surface area contributed by atoms with Crippen molar-refractivity contribution in [3.8, 4) is 11.1 Å². The van der Waals surface area contributed by atoms with Crippen molar-refractivity contribution in [2.45, 2.75) is 44.9 Å². The Hall–Kier alpha value is -2.43.